The number of ether oxygens (including phenoxy) is 2. The second kappa shape index (κ2) is 11.9. The molecule has 0 atom stereocenters. The van der Waals surface area contributed by atoms with Crippen LogP contribution >= 0.6 is 11.3 Å². The van der Waals surface area contributed by atoms with Gasteiger partial charge >= 0.3 is 18.1 Å². The van der Waals surface area contributed by atoms with Crippen LogP contribution in [0.1, 0.15) is 16.1 Å². The van der Waals surface area contributed by atoms with E-state index >= 15 is 0 Å². The molecular formula is C25H22F3N3O7S. The number of hydrogen-bond donors (Lipinski definition) is 3. The maximum atomic E-state index is 13.0. The van der Waals surface area contributed by atoms with Crippen LogP contribution in [0.3, 0.4) is 0 Å². The number of thiazole rings is 1. The van der Waals surface area contributed by atoms with E-state index in [1.54, 1.807) is 37.8 Å². The molecule has 0 aliphatic carbocycles. The number of methoxy groups -OCH3 is 2. The topological polar surface area (TPSA) is 140 Å². The number of nitrogens with one attached hydrogen (secondary N) is 1. The first kappa shape index (κ1) is 29.0. The number of para-hydroxylation sites is 1. The van der Waals surface area contributed by atoms with E-state index < -0.39 is 24.0 Å². The molecule has 4 rings (SSSR count). The van der Waals surface area contributed by atoms with E-state index in [0.717, 1.165) is 10.9 Å². The van der Waals surface area contributed by atoms with Crippen LogP contribution in [-0.2, 0) is 16.1 Å². The van der Waals surface area contributed by atoms with Crippen LogP contribution in [0.5, 0.6) is 11.5 Å². The summed E-state index contributed by atoms with van der Waals surface area (Å²) in [5.41, 5.74) is 3.20. The zero-order valence-corrected chi connectivity index (χ0v) is 21.5. The molecule has 2 aromatic carbocycles. The van der Waals surface area contributed by atoms with Crippen molar-refractivity contribution in [2.24, 2.45) is 0 Å². The molecule has 0 saturated heterocycles. The number of amides is 1. The van der Waals surface area contributed by atoms with E-state index in [2.05, 4.69) is 10.3 Å². The van der Waals surface area contributed by atoms with Crippen molar-refractivity contribution in [1.82, 2.24) is 9.55 Å². The molecule has 0 fully saturated rings. The van der Waals surface area contributed by atoms with Crippen LogP contribution in [-0.4, -0.2) is 58.0 Å². The molecule has 39 heavy (non-hydrogen) atoms. The number of halogens is 3. The van der Waals surface area contributed by atoms with Gasteiger partial charge in [0.2, 0.25) is 0 Å². The van der Waals surface area contributed by atoms with E-state index in [9.17, 15) is 27.9 Å². The van der Waals surface area contributed by atoms with Crippen molar-refractivity contribution >= 4 is 45.2 Å². The Morgan fingerprint density at radius 2 is 1.64 bits per heavy atom. The van der Waals surface area contributed by atoms with Gasteiger partial charge in [0.05, 0.1) is 25.5 Å². The summed E-state index contributed by atoms with van der Waals surface area (Å²) in [6.07, 6.45) is -5.08. The predicted molar refractivity (Wildman–Crippen MR) is 137 cm³/mol. The Morgan fingerprint density at radius 1 is 1.05 bits per heavy atom. The van der Waals surface area contributed by atoms with Crippen molar-refractivity contribution in [3.05, 3.63) is 59.1 Å². The predicted octanol–water partition coefficient (Wildman–Crippen LogP) is 5.06. The minimum Gasteiger partial charge on any atom is -0.496 e. The Morgan fingerprint density at radius 3 is 2.18 bits per heavy atom. The Hall–Kier alpha value is -4.59. The first-order valence-corrected chi connectivity index (χ1v) is 11.8. The summed E-state index contributed by atoms with van der Waals surface area (Å²) in [6.45, 7) is 1.62. The van der Waals surface area contributed by atoms with Gasteiger partial charge in [0.15, 0.2) is 5.13 Å². The fourth-order valence-corrected chi connectivity index (χ4v) is 4.30. The highest BCUT2D eigenvalue weighted by atomic mass is 32.1. The molecule has 0 saturated carbocycles. The maximum Gasteiger partial charge on any atom is 0.490 e. The second-order valence-electron chi connectivity index (χ2n) is 7.91. The van der Waals surface area contributed by atoms with Gasteiger partial charge in [-0.25, -0.2) is 9.78 Å². The first-order chi connectivity index (χ1) is 18.3. The number of alkyl halides is 3. The molecule has 206 valence electrons. The number of aryl methyl sites for hydroxylation is 1. The van der Waals surface area contributed by atoms with Crippen LogP contribution in [0.15, 0.2) is 47.8 Å². The molecule has 4 aromatic rings. The normalized spacial score (nSPS) is 10.9. The molecule has 10 nitrogen and oxygen atoms in total. The van der Waals surface area contributed by atoms with Gasteiger partial charge in [-0.1, -0.05) is 18.2 Å². The third-order valence-electron chi connectivity index (χ3n) is 5.21. The van der Waals surface area contributed by atoms with Crippen molar-refractivity contribution in [1.29, 1.82) is 0 Å². The second-order valence-corrected chi connectivity index (χ2v) is 8.77. The Kier molecular flexibility index (Phi) is 8.81. The summed E-state index contributed by atoms with van der Waals surface area (Å²) >= 11 is 1.26. The smallest absolute Gasteiger partial charge is 0.490 e. The molecule has 0 unspecified atom stereocenters. The number of hydrogen-bond acceptors (Lipinski definition) is 7. The summed E-state index contributed by atoms with van der Waals surface area (Å²) in [5, 5.41) is 22.2. The van der Waals surface area contributed by atoms with Crippen molar-refractivity contribution in [2.75, 3.05) is 19.5 Å². The molecule has 1 amide bonds. The summed E-state index contributed by atoms with van der Waals surface area (Å²) < 4.78 is 44.2. The quantitative estimate of drug-likeness (QED) is 0.283. The van der Waals surface area contributed by atoms with Gasteiger partial charge in [0, 0.05) is 16.3 Å². The summed E-state index contributed by atoms with van der Waals surface area (Å²) in [6, 6.07) is 12.7. The van der Waals surface area contributed by atoms with E-state index in [1.165, 1.54) is 15.9 Å². The number of carbonyl (C=O) groups excluding carboxylic acids is 1. The Bertz CT molecular complexity index is 1500. The van der Waals surface area contributed by atoms with Crippen molar-refractivity contribution in [3.8, 4) is 22.8 Å². The lowest BCUT2D eigenvalue weighted by Gasteiger charge is -2.12. The third-order valence-corrected chi connectivity index (χ3v) is 5.97. The summed E-state index contributed by atoms with van der Waals surface area (Å²) in [4.78, 5) is 37.8. The zero-order chi connectivity index (χ0) is 28.9. The number of fused-ring (bicyclic) bond motifs is 1. The molecule has 3 N–H and O–H groups in total. The third kappa shape index (κ3) is 6.84. The van der Waals surface area contributed by atoms with E-state index in [1.807, 2.05) is 31.2 Å². The molecular weight excluding hydrogens is 543 g/mol. The van der Waals surface area contributed by atoms with Gasteiger partial charge in [-0.15, -0.1) is 11.3 Å². The number of nitrogens with zero attached hydrogens (tertiary/aromatic N) is 2. The Balaban J connectivity index is 0.000000532. The van der Waals surface area contributed by atoms with Gasteiger partial charge in [0.25, 0.3) is 5.91 Å². The standard InChI is InChI=1S/C23H21N3O5S.C2HF3O2/c1-13-8-18(30-2)21(19(9-13)31-3)15-12-32-23(24-15)25-22(29)17-10-14-6-4-5-7-16(14)26(17)11-20(27)28;3-2(4,5)1(6)7/h4-10,12H,11H2,1-3H3,(H,27,28)(H,24,25,29);(H,6,7). The minimum atomic E-state index is -5.08. The molecule has 0 aliphatic heterocycles. The number of benzene rings is 2. The lowest BCUT2D eigenvalue weighted by molar-refractivity contribution is -0.192. The van der Waals surface area contributed by atoms with Gasteiger partial charge in [-0.2, -0.15) is 13.2 Å². The maximum absolute atomic E-state index is 13.0. The molecule has 14 heteroatoms. The molecule has 0 bridgehead atoms. The van der Waals surface area contributed by atoms with Crippen LogP contribution in [0.25, 0.3) is 22.2 Å². The first-order valence-electron chi connectivity index (χ1n) is 11.0. The number of aromatic nitrogens is 2. The number of anilines is 1. The number of rotatable bonds is 7. The van der Waals surface area contributed by atoms with Gasteiger partial charge in [-0.3, -0.25) is 14.9 Å². The summed E-state index contributed by atoms with van der Waals surface area (Å²) in [5.74, 6) is -2.99. The largest absolute Gasteiger partial charge is 0.496 e. The zero-order valence-electron chi connectivity index (χ0n) is 20.7. The van der Waals surface area contributed by atoms with E-state index in [0.29, 0.717) is 33.4 Å². The molecule has 0 aliphatic rings. The average molecular weight is 566 g/mol. The minimum absolute atomic E-state index is 0.246. The Labute approximate surface area is 223 Å². The van der Waals surface area contributed by atoms with Gasteiger partial charge < -0.3 is 24.3 Å². The van der Waals surface area contributed by atoms with Crippen molar-refractivity contribution in [3.63, 3.8) is 0 Å². The van der Waals surface area contributed by atoms with Crippen LogP contribution < -0.4 is 14.8 Å². The number of carboxylic acids is 2. The fourth-order valence-electron chi connectivity index (χ4n) is 3.61. The van der Waals surface area contributed by atoms with Crippen LogP contribution in [0.2, 0.25) is 0 Å². The number of aliphatic carboxylic acids is 2. The van der Waals surface area contributed by atoms with Gasteiger partial charge in [-0.05, 0) is 36.8 Å². The van der Waals surface area contributed by atoms with Crippen LogP contribution in [0, 0.1) is 6.92 Å². The monoisotopic (exact) mass is 565 g/mol. The molecule has 2 heterocycles. The highest BCUT2D eigenvalue weighted by molar-refractivity contribution is 7.14. The molecule has 2 aromatic heterocycles. The van der Waals surface area contributed by atoms with Crippen LogP contribution in [0.4, 0.5) is 18.3 Å². The van der Waals surface area contributed by atoms with Crippen molar-refractivity contribution in [2.45, 2.75) is 19.6 Å². The van der Waals surface area contributed by atoms with Crippen molar-refractivity contribution < 1.29 is 47.2 Å². The van der Waals surface area contributed by atoms with E-state index in [-0.39, 0.29) is 12.2 Å². The highest BCUT2D eigenvalue weighted by Crippen LogP contribution is 2.40. The summed E-state index contributed by atoms with van der Waals surface area (Å²) in [7, 11) is 3.15. The lowest BCUT2D eigenvalue weighted by atomic mass is 10.1. The van der Waals surface area contributed by atoms with E-state index in [4.69, 9.17) is 19.4 Å². The highest BCUT2D eigenvalue weighted by Gasteiger charge is 2.38. The molecule has 0 spiro atoms. The van der Waals surface area contributed by atoms with Gasteiger partial charge in [0.1, 0.15) is 23.7 Å². The molecule has 0 radical (unpaired) electrons. The number of carboxylic acid groups (broad SMARTS) is 2. The SMILES string of the molecule is COc1cc(C)cc(OC)c1-c1csc(NC(=O)c2cc3ccccc3n2CC(=O)O)n1.O=C(O)C(F)(F)F. The fraction of sp³-hybridized carbons (Fsp3) is 0.200. The average Bonchev–Trinajstić information content (AvgIpc) is 3.47. The lowest BCUT2D eigenvalue weighted by Crippen LogP contribution is -2.21. The number of carbonyl (C=O) groups is 3.